The van der Waals surface area contributed by atoms with Crippen LogP contribution in [0.25, 0.3) is 11.0 Å². The van der Waals surface area contributed by atoms with E-state index in [0.29, 0.717) is 11.0 Å². The number of carbonyl (C=O) groups is 1. The Morgan fingerprint density at radius 3 is 2.30 bits per heavy atom. The maximum Gasteiger partial charge on any atom is 0.296 e. The summed E-state index contributed by atoms with van der Waals surface area (Å²) in [4.78, 5) is 20.0. The number of hydrogen-bond donors (Lipinski definition) is 3. The Bertz CT molecular complexity index is 1160. The van der Waals surface area contributed by atoms with Crippen molar-refractivity contribution in [1.29, 1.82) is 0 Å². The minimum Gasteiger partial charge on any atom is -0.398 e. The molecule has 0 atom stereocenters. The van der Waals surface area contributed by atoms with E-state index in [1.165, 1.54) is 24.3 Å². The molecule has 1 aromatic heterocycles. The molecule has 3 rings (SSSR count). The van der Waals surface area contributed by atoms with E-state index in [-0.39, 0.29) is 56.8 Å². The number of rotatable bonds is 3. The van der Waals surface area contributed by atoms with E-state index >= 15 is 0 Å². The van der Waals surface area contributed by atoms with Gasteiger partial charge in [-0.25, -0.2) is 9.97 Å². The van der Waals surface area contributed by atoms with E-state index in [1.807, 2.05) is 0 Å². The van der Waals surface area contributed by atoms with Crippen molar-refractivity contribution >= 4 is 91.2 Å². The quantitative estimate of drug-likeness (QED) is 0.326. The Balaban J connectivity index is 0.00000261. The number of nitrogens with one attached hydrogen (secondary N) is 1. The van der Waals surface area contributed by atoms with Gasteiger partial charge >= 0.3 is 0 Å². The molecule has 135 valence electrons. The second-order valence-electron chi connectivity index (χ2n) is 5.19. The van der Waals surface area contributed by atoms with Gasteiger partial charge < -0.3 is 11.1 Å². The summed E-state index contributed by atoms with van der Waals surface area (Å²) in [5.41, 5.74) is 6.56. The zero-order chi connectivity index (χ0) is 19.1. The molecular weight excluding hydrogens is 426 g/mol. The van der Waals surface area contributed by atoms with Gasteiger partial charge in [-0.3, -0.25) is 9.35 Å². The third-order valence-electron chi connectivity index (χ3n) is 3.39. The Morgan fingerprint density at radius 2 is 1.67 bits per heavy atom. The van der Waals surface area contributed by atoms with Crippen molar-refractivity contribution in [2.24, 2.45) is 0 Å². The molecule has 0 saturated carbocycles. The van der Waals surface area contributed by atoms with Crippen LogP contribution in [0, 0.1) is 0 Å². The zero-order valence-corrected chi connectivity index (χ0v) is 18.1. The normalized spacial score (nSPS) is 11.1. The second-order valence-corrected chi connectivity index (χ2v) is 7.30. The van der Waals surface area contributed by atoms with Crippen molar-refractivity contribution in [3.63, 3.8) is 0 Å². The SMILES string of the molecule is Nc1ccc(NC(=O)c2ccc3nc(Cl)c(Cl)nc3c2)cc1S(=O)(=O)O.[Na]. The maximum absolute atomic E-state index is 12.4. The standard InChI is InChI=1S/C15H10Cl2N4O4S.Na/c16-13-14(17)21-11-5-7(1-4-10(11)20-13)15(22)19-8-2-3-9(18)12(6-8)26(23,24)25;/h1-6H,18H2,(H,19,22)(H,23,24,25);. The minimum absolute atomic E-state index is 0. The largest absolute Gasteiger partial charge is 0.398 e. The average molecular weight is 436 g/mol. The van der Waals surface area contributed by atoms with E-state index in [2.05, 4.69) is 15.3 Å². The van der Waals surface area contributed by atoms with Crippen LogP contribution >= 0.6 is 23.2 Å². The van der Waals surface area contributed by atoms with Gasteiger partial charge in [-0.05, 0) is 36.4 Å². The fourth-order valence-corrected chi connectivity index (χ4v) is 3.10. The van der Waals surface area contributed by atoms with E-state index in [1.54, 1.807) is 6.07 Å². The van der Waals surface area contributed by atoms with Gasteiger partial charge in [0.2, 0.25) is 0 Å². The summed E-state index contributed by atoms with van der Waals surface area (Å²) in [5, 5.41) is 2.57. The predicted molar refractivity (Wildman–Crippen MR) is 104 cm³/mol. The van der Waals surface area contributed by atoms with E-state index in [9.17, 15) is 13.2 Å². The molecule has 0 aliphatic heterocycles. The number of hydrogen-bond acceptors (Lipinski definition) is 6. The summed E-state index contributed by atoms with van der Waals surface area (Å²) in [6.45, 7) is 0. The molecule has 0 spiro atoms. The Morgan fingerprint density at radius 1 is 1.04 bits per heavy atom. The van der Waals surface area contributed by atoms with Gasteiger partial charge in [-0.2, -0.15) is 8.42 Å². The summed E-state index contributed by atoms with van der Waals surface area (Å²) in [5.74, 6) is -0.536. The first-order valence-electron chi connectivity index (χ1n) is 6.96. The summed E-state index contributed by atoms with van der Waals surface area (Å²) in [6, 6.07) is 8.22. The molecule has 1 amide bonds. The predicted octanol–water partition coefficient (Wildman–Crippen LogP) is 2.64. The van der Waals surface area contributed by atoms with Crippen molar-refractivity contribution in [3.8, 4) is 0 Å². The Kier molecular flexibility index (Phi) is 6.69. The first kappa shape index (κ1) is 21.8. The topological polar surface area (TPSA) is 135 Å². The molecular formula is C15H10Cl2N4NaO4S. The fraction of sp³-hybridized carbons (Fsp3) is 0. The van der Waals surface area contributed by atoms with Gasteiger partial charge in [-0.15, -0.1) is 0 Å². The number of benzene rings is 2. The smallest absolute Gasteiger partial charge is 0.296 e. The zero-order valence-electron chi connectivity index (χ0n) is 13.8. The van der Waals surface area contributed by atoms with Gasteiger partial charge in [0.25, 0.3) is 16.0 Å². The minimum atomic E-state index is -4.52. The molecule has 27 heavy (non-hydrogen) atoms. The van der Waals surface area contributed by atoms with Gasteiger partial charge in [-0.1, -0.05) is 23.2 Å². The molecule has 0 saturated heterocycles. The summed E-state index contributed by atoms with van der Waals surface area (Å²) in [6.07, 6.45) is 0. The van der Waals surface area contributed by atoms with Crippen LogP contribution in [-0.2, 0) is 10.1 Å². The molecule has 1 heterocycles. The van der Waals surface area contributed by atoms with E-state index in [0.717, 1.165) is 6.07 Å². The third kappa shape index (κ3) is 4.88. The Hall–Kier alpha value is -1.46. The number of carbonyl (C=O) groups excluding carboxylic acids is 1. The van der Waals surface area contributed by atoms with Gasteiger partial charge in [0.05, 0.1) is 16.7 Å². The number of nitrogens with two attached hydrogens (primary N) is 1. The number of nitrogen functional groups attached to an aromatic ring is 1. The molecule has 8 nitrogen and oxygen atoms in total. The molecule has 3 aromatic rings. The summed E-state index contributed by atoms with van der Waals surface area (Å²) < 4.78 is 31.7. The first-order valence-corrected chi connectivity index (χ1v) is 9.16. The number of fused-ring (bicyclic) bond motifs is 1. The van der Waals surface area contributed by atoms with E-state index in [4.69, 9.17) is 33.5 Å². The van der Waals surface area contributed by atoms with Crippen LogP contribution in [0.4, 0.5) is 11.4 Å². The molecule has 1 radical (unpaired) electrons. The van der Waals surface area contributed by atoms with Crippen LogP contribution in [-0.4, -0.2) is 58.4 Å². The van der Waals surface area contributed by atoms with Crippen LogP contribution in [0.2, 0.25) is 10.3 Å². The monoisotopic (exact) mass is 435 g/mol. The number of nitrogens with zero attached hydrogens (tertiary/aromatic N) is 2. The number of aromatic nitrogens is 2. The van der Waals surface area contributed by atoms with Crippen molar-refractivity contribution in [2.45, 2.75) is 4.90 Å². The van der Waals surface area contributed by atoms with E-state index < -0.39 is 20.9 Å². The first-order chi connectivity index (χ1) is 12.1. The molecule has 12 heteroatoms. The second kappa shape index (κ2) is 8.27. The van der Waals surface area contributed by atoms with Crippen molar-refractivity contribution < 1.29 is 17.8 Å². The van der Waals surface area contributed by atoms with Crippen LogP contribution < -0.4 is 11.1 Å². The molecule has 0 bridgehead atoms. The molecule has 0 fully saturated rings. The Labute approximate surface area is 186 Å². The van der Waals surface area contributed by atoms with Gasteiger partial charge in [0.15, 0.2) is 10.3 Å². The summed E-state index contributed by atoms with van der Waals surface area (Å²) in [7, 11) is -4.52. The maximum atomic E-state index is 12.4. The third-order valence-corrected chi connectivity index (χ3v) is 4.93. The van der Waals surface area contributed by atoms with Gasteiger partial charge in [0, 0.05) is 40.8 Å². The van der Waals surface area contributed by atoms with Crippen LogP contribution in [0.5, 0.6) is 0 Å². The summed E-state index contributed by atoms with van der Waals surface area (Å²) >= 11 is 11.6. The average Bonchev–Trinajstić information content (AvgIpc) is 2.56. The molecule has 2 aromatic carbocycles. The van der Waals surface area contributed by atoms with Crippen LogP contribution in [0.3, 0.4) is 0 Å². The molecule has 0 aliphatic rings. The van der Waals surface area contributed by atoms with Crippen molar-refractivity contribution in [3.05, 3.63) is 52.3 Å². The number of halogens is 2. The number of anilines is 2. The number of amides is 1. The molecule has 0 aliphatic carbocycles. The molecule has 4 N–H and O–H groups in total. The van der Waals surface area contributed by atoms with Crippen LogP contribution in [0.15, 0.2) is 41.3 Å². The van der Waals surface area contributed by atoms with Crippen molar-refractivity contribution in [1.82, 2.24) is 9.97 Å². The fourth-order valence-electron chi connectivity index (χ4n) is 2.19. The molecule has 0 unspecified atom stereocenters. The van der Waals surface area contributed by atoms with Crippen LogP contribution in [0.1, 0.15) is 10.4 Å². The van der Waals surface area contributed by atoms with Crippen molar-refractivity contribution in [2.75, 3.05) is 11.1 Å². The van der Waals surface area contributed by atoms with Gasteiger partial charge in [0.1, 0.15) is 4.90 Å².